The molecule has 0 bridgehead atoms. The molecule has 0 amide bonds. The lowest BCUT2D eigenvalue weighted by molar-refractivity contribution is -0.146. The number of carbonyl (C=O) groups is 2. The zero-order valence-electron chi connectivity index (χ0n) is 14.4. The highest BCUT2D eigenvalue weighted by Crippen LogP contribution is 2.17. The van der Waals surface area contributed by atoms with Gasteiger partial charge in [-0.15, -0.1) is 0 Å². The second-order valence-corrected chi connectivity index (χ2v) is 7.33. The van der Waals surface area contributed by atoms with E-state index >= 15 is 0 Å². The quantitative estimate of drug-likeness (QED) is 0.403. The summed E-state index contributed by atoms with van der Waals surface area (Å²) in [5.41, 5.74) is 0.380. The second kappa shape index (κ2) is 9.10. The van der Waals surface area contributed by atoms with Crippen LogP contribution < -0.4 is 0 Å². The molecule has 1 unspecified atom stereocenters. The summed E-state index contributed by atoms with van der Waals surface area (Å²) in [6.45, 7) is 1.79. The molecule has 1 atom stereocenters. The number of esters is 1. The van der Waals surface area contributed by atoms with Crippen LogP contribution in [0.2, 0.25) is 0 Å². The Labute approximate surface area is 153 Å². The lowest BCUT2D eigenvalue weighted by Crippen LogP contribution is -2.26. The summed E-state index contributed by atoms with van der Waals surface area (Å²) in [6, 6.07) is 16.3. The molecule has 26 heavy (non-hydrogen) atoms. The Bertz CT molecular complexity index is 871. The monoisotopic (exact) mass is 372 g/mol. The third-order valence-electron chi connectivity index (χ3n) is 3.66. The van der Waals surface area contributed by atoms with Crippen molar-refractivity contribution < 1.29 is 22.7 Å². The number of allylic oxidation sites excluding steroid dienone is 1. The largest absolute Gasteiger partial charge is 0.465 e. The first-order valence-corrected chi connectivity index (χ1v) is 9.73. The van der Waals surface area contributed by atoms with E-state index in [0.717, 1.165) is 5.41 Å². The second-order valence-electron chi connectivity index (χ2n) is 5.50. The topological polar surface area (TPSA) is 77.5 Å². The summed E-state index contributed by atoms with van der Waals surface area (Å²) in [4.78, 5) is 24.9. The summed E-state index contributed by atoms with van der Waals surface area (Å²) in [7, 11) is -3.63. The van der Waals surface area contributed by atoms with Crippen molar-refractivity contribution in [1.29, 1.82) is 0 Å². The van der Waals surface area contributed by atoms with Gasteiger partial charge in [0.1, 0.15) is 5.92 Å². The van der Waals surface area contributed by atoms with Crippen LogP contribution >= 0.6 is 0 Å². The van der Waals surface area contributed by atoms with Gasteiger partial charge >= 0.3 is 5.97 Å². The van der Waals surface area contributed by atoms with E-state index in [4.69, 9.17) is 4.74 Å². The number of benzene rings is 2. The SMILES string of the molecule is CCOC(=O)C(C/C=C/S(=O)(=O)c1ccccc1)C(=O)c1ccccc1. The Morgan fingerprint density at radius 3 is 2.15 bits per heavy atom. The first kappa shape index (κ1) is 19.6. The average molecular weight is 372 g/mol. The number of Topliss-reactive ketones (excluding diaryl/α,β-unsaturated/α-hetero) is 1. The molecule has 0 aliphatic carbocycles. The molecule has 5 nitrogen and oxygen atoms in total. The lowest BCUT2D eigenvalue weighted by atomic mass is 9.95. The first-order chi connectivity index (χ1) is 12.5. The molecule has 0 N–H and O–H groups in total. The van der Waals surface area contributed by atoms with Crippen molar-refractivity contribution in [3.63, 3.8) is 0 Å². The van der Waals surface area contributed by atoms with Crippen LogP contribution in [0.25, 0.3) is 0 Å². The van der Waals surface area contributed by atoms with E-state index < -0.39 is 27.5 Å². The molecule has 2 aromatic rings. The predicted octanol–water partition coefficient (Wildman–Crippen LogP) is 3.43. The highest BCUT2D eigenvalue weighted by atomic mass is 32.2. The van der Waals surface area contributed by atoms with Crippen LogP contribution in [-0.4, -0.2) is 26.8 Å². The number of hydrogen-bond acceptors (Lipinski definition) is 5. The molecule has 2 aromatic carbocycles. The van der Waals surface area contributed by atoms with Gasteiger partial charge in [-0.1, -0.05) is 54.6 Å². The zero-order valence-corrected chi connectivity index (χ0v) is 15.2. The van der Waals surface area contributed by atoms with Gasteiger partial charge in [0.05, 0.1) is 11.5 Å². The van der Waals surface area contributed by atoms with E-state index in [9.17, 15) is 18.0 Å². The van der Waals surface area contributed by atoms with Gasteiger partial charge in [-0.2, -0.15) is 0 Å². The average Bonchev–Trinajstić information content (AvgIpc) is 2.66. The Morgan fingerprint density at radius 1 is 1.00 bits per heavy atom. The fourth-order valence-corrected chi connectivity index (χ4v) is 3.42. The predicted molar refractivity (Wildman–Crippen MR) is 98.3 cm³/mol. The summed E-state index contributed by atoms with van der Waals surface area (Å²) >= 11 is 0. The maximum absolute atomic E-state index is 12.6. The number of hydrogen-bond donors (Lipinski definition) is 0. The van der Waals surface area contributed by atoms with Crippen molar-refractivity contribution >= 4 is 21.6 Å². The summed E-state index contributed by atoms with van der Waals surface area (Å²) in [5, 5.41) is 1.02. The third-order valence-corrected chi connectivity index (χ3v) is 5.14. The van der Waals surface area contributed by atoms with Crippen LogP contribution in [0.4, 0.5) is 0 Å². The molecule has 6 heteroatoms. The number of ketones is 1. The van der Waals surface area contributed by atoms with Crippen LogP contribution in [0.15, 0.2) is 77.0 Å². The van der Waals surface area contributed by atoms with Crippen molar-refractivity contribution in [2.24, 2.45) is 5.92 Å². The van der Waals surface area contributed by atoms with E-state index in [1.165, 1.54) is 18.2 Å². The summed E-state index contributed by atoms with van der Waals surface area (Å²) in [5.74, 6) is -2.14. The standard InChI is InChI=1S/C20H20O5S/c1-2-25-20(22)18(19(21)16-10-5-3-6-11-16)14-9-15-26(23,24)17-12-7-4-8-13-17/h3-13,15,18H,2,14H2,1H3/b15-9+. The van der Waals surface area contributed by atoms with Crippen molar-refractivity contribution in [2.45, 2.75) is 18.2 Å². The third kappa shape index (κ3) is 5.13. The minimum atomic E-state index is -3.63. The van der Waals surface area contributed by atoms with Gasteiger partial charge < -0.3 is 4.74 Å². The van der Waals surface area contributed by atoms with Crippen LogP contribution in [0.1, 0.15) is 23.7 Å². The van der Waals surface area contributed by atoms with Gasteiger partial charge in [0.25, 0.3) is 0 Å². The molecule has 0 heterocycles. The zero-order chi connectivity index (χ0) is 19.0. The van der Waals surface area contributed by atoms with Gasteiger partial charge in [-0.05, 0) is 25.5 Å². The highest BCUT2D eigenvalue weighted by Gasteiger charge is 2.28. The molecule has 0 spiro atoms. The van der Waals surface area contributed by atoms with Crippen LogP contribution in [0.3, 0.4) is 0 Å². The number of ether oxygens (including phenoxy) is 1. The summed E-state index contributed by atoms with van der Waals surface area (Å²) in [6.07, 6.45) is 1.27. The van der Waals surface area contributed by atoms with E-state index in [1.54, 1.807) is 55.5 Å². The van der Waals surface area contributed by atoms with Gasteiger partial charge in [0.2, 0.25) is 0 Å². The van der Waals surface area contributed by atoms with Crippen molar-refractivity contribution in [3.05, 3.63) is 77.7 Å². The maximum Gasteiger partial charge on any atom is 0.317 e. The molecule has 0 saturated heterocycles. The molecular formula is C20H20O5S. The van der Waals surface area contributed by atoms with E-state index in [1.807, 2.05) is 0 Å². The van der Waals surface area contributed by atoms with E-state index in [-0.39, 0.29) is 17.9 Å². The van der Waals surface area contributed by atoms with E-state index in [0.29, 0.717) is 5.56 Å². The number of rotatable bonds is 8. The number of carbonyl (C=O) groups excluding carboxylic acids is 2. The molecule has 0 saturated carbocycles. The molecule has 2 rings (SSSR count). The Kier molecular flexibility index (Phi) is 6.86. The normalized spacial score (nSPS) is 12.7. The van der Waals surface area contributed by atoms with E-state index in [2.05, 4.69) is 0 Å². The van der Waals surface area contributed by atoms with Crippen LogP contribution in [0, 0.1) is 5.92 Å². The van der Waals surface area contributed by atoms with Gasteiger partial charge in [0, 0.05) is 11.0 Å². The molecular weight excluding hydrogens is 352 g/mol. The van der Waals surface area contributed by atoms with Crippen LogP contribution in [-0.2, 0) is 19.4 Å². The smallest absolute Gasteiger partial charge is 0.317 e. The van der Waals surface area contributed by atoms with Gasteiger partial charge in [-0.25, -0.2) is 8.42 Å². The van der Waals surface area contributed by atoms with Crippen LogP contribution in [0.5, 0.6) is 0 Å². The fraction of sp³-hybridized carbons (Fsp3) is 0.200. The molecule has 0 fully saturated rings. The molecule has 0 aliphatic rings. The minimum Gasteiger partial charge on any atom is -0.465 e. The fourth-order valence-electron chi connectivity index (χ4n) is 2.36. The van der Waals surface area contributed by atoms with Crippen molar-refractivity contribution in [1.82, 2.24) is 0 Å². The molecule has 0 aromatic heterocycles. The maximum atomic E-state index is 12.6. The first-order valence-electron chi connectivity index (χ1n) is 8.18. The van der Waals surface area contributed by atoms with Gasteiger partial charge in [-0.3, -0.25) is 9.59 Å². The Morgan fingerprint density at radius 2 is 1.58 bits per heavy atom. The molecule has 136 valence electrons. The van der Waals surface area contributed by atoms with Crippen molar-refractivity contribution in [3.8, 4) is 0 Å². The van der Waals surface area contributed by atoms with Crippen molar-refractivity contribution in [2.75, 3.05) is 6.61 Å². The minimum absolute atomic E-state index is 0.0569. The van der Waals surface area contributed by atoms with Gasteiger partial charge in [0.15, 0.2) is 15.6 Å². The highest BCUT2D eigenvalue weighted by molar-refractivity contribution is 7.94. The Balaban J connectivity index is 2.19. The molecule has 0 radical (unpaired) electrons. The number of sulfone groups is 1. The lowest BCUT2D eigenvalue weighted by Gasteiger charge is -2.12. The Hall–Kier alpha value is -2.73. The summed E-state index contributed by atoms with van der Waals surface area (Å²) < 4.78 is 29.5. The molecule has 0 aliphatic heterocycles.